The van der Waals surface area contributed by atoms with Crippen molar-refractivity contribution in [1.82, 2.24) is 9.97 Å². The molecule has 130 valence electrons. The molecule has 0 aliphatic heterocycles. The molecule has 7 heteroatoms. The van der Waals surface area contributed by atoms with Gasteiger partial charge in [0.05, 0.1) is 16.1 Å². The highest BCUT2D eigenvalue weighted by Crippen LogP contribution is 2.33. The van der Waals surface area contributed by atoms with Gasteiger partial charge in [-0.25, -0.2) is 9.97 Å². The summed E-state index contributed by atoms with van der Waals surface area (Å²) in [7, 11) is 0. The van der Waals surface area contributed by atoms with Gasteiger partial charge in [0.25, 0.3) is 5.91 Å². The summed E-state index contributed by atoms with van der Waals surface area (Å²) in [6.07, 6.45) is 1.45. The first-order valence-electron chi connectivity index (χ1n) is 7.77. The number of nitrogens with one attached hydrogen (secondary N) is 1. The predicted molar refractivity (Wildman–Crippen MR) is 102 cm³/mol. The Bertz CT molecular complexity index is 945. The molecule has 1 N–H and O–H groups in total. The Kier molecular flexibility index (Phi) is 4.92. The van der Waals surface area contributed by atoms with Gasteiger partial charge in [0.15, 0.2) is 6.61 Å². The second kappa shape index (κ2) is 6.98. The third-order valence-corrected chi connectivity index (χ3v) is 5.38. The Balaban J connectivity index is 1.76. The van der Waals surface area contributed by atoms with Crippen molar-refractivity contribution in [3.63, 3.8) is 0 Å². The molecule has 0 aliphatic rings. The Labute approximate surface area is 155 Å². The minimum Gasteiger partial charge on any atom is -0.467 e. The smallest absolute Gasteiger partial charge is 0.262 e. The zero-order valence-corrected chi connectivity index (χ0v) is 16.0. The van der Waals surface area contributed by atoms with Gasteiger partial charge in [-0.1, -0.05) is 17.7 Å². The van der Waals surface area contributed by atoms with Crippen LogP contribution in [0.4, 0.5) is 5.69 Å². The van der Waals surface area contributed by atoms with E-state index in [4.69, 9.17) is 16.3 Å². The maximum absolute atomic E-state index is 12.3. The summed E-state index contributed by atoms with van der Waals surface area (Å²) in [4.78, 5) is 22.7. The lowest BCUT2D eigenvalue weighted by atomic mass is 10.1. The molecule has 1 aromatic carbocycles. The summed E-state index contributed by atoms with van der Waals surface area (Å²) in [5.41, 5.74) is 3.64. The minimum absolute atomic E-state index is 0.149. The lowest BCUT2D eigenvalue weighted by Crippen LogP contribution is -2.21. The molecule has 0 unspecified atom stereocenters. The van der Waals surface area contributed by atoms with Crippen LogP contribution in [0.5, 0.6) is 5.88 Å². The van der Waals surface area contributed by atoms with Gasteiger partial charge in [0, 0.05) is 4.88 Å². The number of hydrogen-bond acceptors (Lipinski definition) is 5. The van der Waals surface area contributed by atoms with Gasteiger partial charge in [0.2, 0.25) is 5.88 Å². The Hall–Kier alpha value is -2.18. The zero-order valence-electron chi connectivity index (χ0n) is 14.4. The minimum atomic E-state index is -0.287. The number of thiophene rings is 1. The summed E-state index contributed by atoms with van der Waals surface area (Å²) in [6.45, 7) is 7.74. The zero-order chi connectivity index (χ0) is 18.1. The average Bonchev–Trinajstić information content (AvgIpc) is 2.84. The van der Waals surface area contributed by atoms with Crippen LogP contribution >= 0.6 is 22.9 Å². The molecular weight excluding hydrogens is 358 g/mol. The highest BCUT2D eigenvalue weighted by molar-refractivity contribution is 7.18. The average molecular weight is 376 g/mol. The van der Waals surface area contributed by atoms with E-state index in [2.05, 4.69) is 15.3 Å². The molecule has 1 amide bonds. The van der Waals surface area contributed by atoms with Crippen LogP contribution in [-0.4, -0.2) is 22.5 Å². The van der Waals surface area contributed by atoms with E-state index in [9.17, 15) is 4.79 Å². The number of aromatic nitrogens is 2. The molecule has 3 rings (SSSR count). The first kappa shape index (κ1) is 17.6. The number of benzene rings is 1. The van der Waals surface area contributed by atoms with Gasteiger partial charge in [-0.3, -0.25) is 4.79 Å². The summed E-state index contributed by atoms with van der Waals surface area (Å²) in [5, 5.41) is 4.18. The van der Waals surface area contributed by atoms with Crippen molar-refractivity contribution in [1.29, 1.82) is 0 Å². The molecule has 5 nitrogen and oxygen atoms in total. The summed E-state index contributed by atoms with van der Waals surface area (Å²) >= 11 is 7.81. The van der Waals surface area contributed by atoms with E-state index in [1.807, 2.05) is 39.8 Å². The molecular formula is C18H18ClN3O2S. The molecule has 3 aromatic rings. The van der Waals surface area contributed by atoms with Gasteiger partial charge in [-0.05, 0) is 50.5 Å². The number of nitrogens with zero attached hydrogens (tertiary/aromatic N) is 2. The molecule has 0 aliphatic carbocycles. The van der Waals surface area contributed by atoms with Gasteiger partial charge in [-0.15, -0.1) is 11.3 Å². The summed E-state index contributed by atoms with van der Waals surface area (Å²) in [5.74, 6) is 0.138. The van der Waals surface area contributed by atoms with Crippen molar-refractivity contribution >= 4 is 44.7 Å². The Morgan fingerprint density at radius 1 is 1.24 bits per heavy atom. The molecule has 0 bridgehead atoms. The number of rotatable bonds is 4. The number of aryl methyl sites for hydroxylation is 4. The van der Waals surface area contributed by atoms with Crippen molar-refractivity contribution in [3.8, 4) is 5.88 Å². The third kappa shape index (κ3) is 3.60. The Morgan fingerprint density at radius 2 is 2.00 bits per heavy atom. The number of anilines is 1. The normalized spacial score (nSPS) is 10.9. The molecule has 0 atom stereocenters. The second-order valence-corrected chi connectivity index (χ2v) is 7.53. The number of carbonyl (C=O) groups excluding carboxylic acids is 1. The number of halogens is 1. The van der Waals surface area contributed by atoms with E-state index in [0.29, 0.717) is 16.6 Å². The van der Waals surface area contributed by atoms with E-state index in [0.717, 1.165) is 31.8 Å². The van der Waals surface area contributed by atoms with E-state index in [-0.39, 0.29) is 12.5 Å². The van der Waals surface area contributed by atoms with Crippen LogP contribution < -0.4 is 10.1 Å². The standard InChI is InChI=1S/C18H18ClN3O2S/c1-9-5-10(2)16(13(19)6-9)22-14(23)7-24-17-15-11(3)12(4)25-18(15)21-8-20-17/h5-6,8H,7H2,1-4H3,(H,22,23). The third-order valence-electron chi connectivity index (χ3n) is 3.97. The van der Waals surface area contributed by atoms with Crippen LogP contribution in [-0.2, 0) is 4.79 Å². The lowest BCUT2D eigenvalue weighted by Gasteiger charge is -2.12. The van der Waals surface area contributed by atoms with Gasteiger partial charge in [-0.2, -0.15) is 0 Å². The maximum atomic E-state index is 12.3. The fourth-order valence-electron chi connectivity index (χ4n) is 2.64. The van der Waals surface area contributed by atoms with Gasteiger partial charge >= 0.3 is 0 Å². The monoisotopic (exact) mass is 375 g/mol. The van der Waals surface area contributed by atoms with Crippen LogP contribution in [0, 0.1) is 27.7 Å². The fourth-order valence-corrected chi connectivity index (χ4v) is 4.00. The second-order valence-electron chi connectivity index (χ2n) is 5.92. The van der Waals surface area contributed by atoms with Crippen molar-refractivity contribution < 1.29 is 9.53 Å². The van der Waals surface area contributed by atoms with Crippen LogP contribution in [0.1, 0.15) is 21.6 Å². The maximum Gasteiger partial charge on any atom is 0.262 e. The summed E-state index contributed by atoms with van der Waals surface area (Å²) < 4.78 is 5.65. The number of fused-ring (bicyclic) bond motifs is 1. The highest BCUT2D eigenvalue weighted by Gasteiger charge is 2.15. The van der Waals surface area contributed by atoms with E-state index in [1.165, 1.54) is 6.33 Å². The van der Waals surface area contributed by atoms with Gasteiger partial charge in [0.1, 0.15) is 11.2 Å². The molecule has 0 saturated heterocycles. The highest BCUT2D eigenvalue weighted by atomic mass is 35.5. The number of amides is 1. The van der Waals surface area contributed by atoms with Crippen LogP contribution in [0.3, 0.4) is 0 Å². The molecule has 0 fully saturated rings. The SMILES string of the molecule is Cc1cc(C)c(NC(=O)COc2ncnc3sc(C)c(C)c23)c(Cl)c1. The first-order valence-corrected chi connectivity index (χ1v) is 8.96. The molecule has 25 heavy (non-hydrogen) atoms. The number of carbonyl (C=O) groups is 1. The Morgan fingerprint density at radius 3 is 2.72 bits per heavy atom. The van der Waals surface area contributed by atoms with Crippen molar-refractivity contribution in [2.75, 3.05) is 11.9 Å². The molecule has 0 saturated carbocycles. The van der Waals surface area contributed by atoms with Crippen LogP contribution in [0.2, 0.25) is 5.02 Å². The van der Waals surface area contributed by atoms with Crippen molar-refractivity contribution in [3.05, 3.63) is 45.1 Å². The topological polar surface area (TPSA) is 64.1 Å². The van der Waals surface area contributed by atoms with Crippen LogP contribution in [0.15, 0.2) is 18.5 Å². The van der Waals surface area contributed by atoms with E-state index in [1.54, 1.807) is 11.3 Å². The first-order chi connectivity index (χ1) is 11.9. The fraction of sp³-hybridized carbons (Fsp3) is 0.278. The molecule has 0 radical (unpaired) electrons. The van der Waals surface area contributed by atoms with Crippen LogP contribution in [0.25, 0.3) is 10.2 Å². The van der Waals surface area contributed by atoms with Crippen molar-refractivity contribution in [2.45, 2.75) is 27.7 Å². The molecule has 2 aromatic heterocycles. The van der Waals surface area contributed by atoms with Crippen molar-refractivity contribution in [2.24, 2.45) is 0 Å². The van der Waals surface area contributed by atoms with E-state index >= 15 is 0 Å². The largest absolute Gasteiger partial charge is 0.467 e. The lowest BCUT2D eigenvalue weighted by molar-refractivity contribution is -0.118. The number of ether oxygens (including phenoxy) is 1. The quantitative estimate of drug-likeness (QED) is 0.724. The molecule has 2 heterocycles. The van der Waals surface area contributed by atoms with Gasteiger partial charge < -0.3 is 10.1 Å². The molecule has 0 spiro atoms. The number of hydrogen-bond donors (Lipinski definition) is 1. The van der Waals surface area contributed by atoms with E-state index < -0.39 is 0 Å². The predicted octanol–water partition coefficient (Wildman–Crippen LogP) is 4.60. The summed E-state index contributed by atoms with van der Waals surface area (Å²) in [6, 6.07) is 3.78.